The van der Waals surface area contributed by atoms with Gasteiger partial charge in [0.1, 0.15) is 12.6 Å². The predicted molar refractivity (Wildman–Crippen MR) is 272 cm³/mol. The largest absolute Gasteiger partial charge is 0.480 e. The molecular weight excluding hydrogens is 854 g/mol. The smallest absolute Gasteiger partial charge is 0.472 e. The second-order valence-corrected chi connectivity index (χ2v) is 19.5. The topological polar surface area (TPSA) is 172 Å². The zero-order chi connectivity index (χ0) is 48.4. The molecule has 0 aliphatic carbocycles. The molecule has 0 amide bonds. The zero-order valence-electron chi connectivity index (χ0n) is 42.0. The SMILES string of the molecule is CCCCC/C=C\C/C=C\CCCCCCCCCCCC(=O)OCC(COP(=O)(O)OCC(N)C(=O)O)OC(=O)CCCCCCCCCCCCC/C=C\C/C=C\CCCCCCC. The molecule has 3 unspecified atom stereocenters. The molecule has 0 saturated heterocycles. The van der Waals surface area contributed by atoms with Gasteiger partial charge in [-0.15, -0.1) is 0 Å². The van der Waals surface area contributed by atoms with Crippen LogP contribution in [0.5, 0.6) is 0 Å². The molecular formula is C54H98NO10P. The molecule has 0 bridgehead atoms. The minimum Gasteiger partial charge on any atom is -0.480 e. The first-order valence-electron chi connectivity index (χ1n) is 26.7. The number of hydrogen-bond donors (Lipinski definition) is 3. The van der Waals surface area contributed by atoms with E-state index in [-0.39, 0.29) is 19.4 Å². The first-order chi connectivity index (χ1) is 32.1. The third-order valence-corrected chi connectivity index (χ3v) is 12.5. The minimum atomic E-state index is -4.73. The molecule has 11 nitrogen and oxygen atoms in total. The molecule has 3 atom stereocenters. The van der Waals surface area contributed by atoms with E-state index in [1.54, 1.807) is 0 Å². The number of ether oxygens (including phenoxy) is 2. The zero-order valence-corrected chi connectivity index (χ0v) is 42.9. The maximum absolute atomic E-state index is 12.7. The van der Waals surface area contributed by atoms with Crippen LogP contribution < -0.4 is 5.73 Å². The second-order valence-electron chi connectivity index (χ2n) is 18.0. The Bertz CT molecular complexity index is 1300. The van der Waals surface area contributed by atoms with E-state index in [4.69, 9.17) is 24.8 Å². The number of nitrogens with two attached hydrogens (primary N) is 1. The molecule has 0 saturated carbocycles. The molecule has 0 aliphatic rings. The van der Waals surface area contributed by atoms with E-state index in [1.807, 2.05) is 0 Å². The van der Waals surface area contributed by atoms with Crippen LogP contribution in [-0.4, -0.2) is 59.9 Å². The van der Waals surface area contributed by atoms with Crippen LogP contribution in [0.4, 0.5) is 0 Å². The van der Waals surface area contributed by atoms with Crippen molar-refractivity contribution in [1.29, 1.82) is 0 Å². The summed E-state index contributed by atoms with van der Waals surface area (Å²) in [7, 11) is -4.73. The van der Waals surface area contributed by atoms with Crippen LogP contribution in [0.2, 0.25) is 0 Å². The van der Waals surface area contributed by atoms with Gasteiger partial charge in [0, 0.05) is 12.8 Å². The number of rotatable bonds is 50. The molecule has 12 heteroatoms. The van der Waals surface area contributed by atoms with E-state index in [1.165, 1.54) is 148 Å². The molecule has 0 aliphatic heterocycles. The fraction of sp³-hybridized carbons (Fsp3) is 0.796. The fourth-order valence-electron chi connectivity index (χ4n) is 7.36. The van der Waals surface area contributed by atoms with Crippen LogP contribution in [0.15, 0.2) is 48.6 Å². The molecule has 66 heavy (non-hydrogen) atoms. The number of carbonyl (C=O) groups excluding carboxylic acids is 2. The van der Waals surface area contributed by atoms with Crippen LogP contribution in [0.3, 0.4) is 0 Å². The number of aliphatic carboxylic acids is 1. The normalized spacial score (nSPS) is 13.9. The highest BCUT2D eigenvalue weighted by Crippen LogP contribution is 2.43. The van der Waals surface area contributed by atoms with Crippen LogP contribution in [0.25, 0.3) is 0 Å². The third kappa shape index (κ3) is 47.9. The third-order valence-electron chi connectivity index (χ3n) is 11.5. The molecule has 0 rings (SSSR count). The van der Waals surface area contributed by atoms with Gasteiger partial charge in [0.25, 0.3) is 0 Å². The minimum absolute atomic E-state index is 0.158. The van der Waals surface area contributed by atoms with E-state index in [9.17, 15) is 23.8 Å². The van der Waals surface area contributed by atoms with Gasteiger partial charge in [-0.1, -0.05) is 204 Å². The Balaban J connectivity index is 4.22. The Hall–Kier alpha value is -2.56. The molecule has 0 fully saturated rings. The Labute approximate surface area is 403 Å². The van der Waals surface area contributed by atoms with E-state index >= 15 is 0 Å². The number of carboxylic acids is 1. The van der Waals surface area contributed by atoms with Crippen molar-refractivity contribution in [2.24, 2.45) is 5.73 Å². The number of carboxylic acid groups (broad SMARTS) is 1. The summed E-state index contributed by atoms with van der Waals surface area (Å²) < 4.78 is 32.9. The van der Waals surface area contributed by atoms with Gasteiger partial charge in [0.05, 0.1) is 13.2 Å². The number of esters is 2. The van der Waals surface area contributed by atoms with Gasteiger partial charge in [-0.3, -0.25) is 23.4 Å². The summed E-state index contributed by atoms with van der Waals surface area (Å²) in [4.78, 5) is 46.2. The van der Waals surface area contributed by atoms with Crippen LogP contribution in [0, 0.1) is 0 Å². The predicted octanol–water partition coefficient (Wildman–Crippen LogP) is 15.3. The lowest BCUT2D eigenvalue weighted by Crippen LogP contribution is -2.34. The number of unbranched alkanes of at least 4 members (excludes halogenated alkanes) is 28. The van der Waals surface area contributed by atoms with Gasteiger partial charge in [0.2, 0.25) is 0 Å². The van der Waals surface area contributed by atoms with Crippen LogP contribution in [0.1, 0.15) is 245 Å². The number of phosphoric acid groups is 1. The summed E-state index contributed by atoms with van der Waals surface area (Å²) in [6.45, 7) is 2.80. The average Bonchev–Trinajstić information content (AvgIpc) is 3.30. The highest BCUT2D eigenvalue weighted by molar-refractivity contribution is 7.47. The lowest BCUT2D eigenvalue weighted by Gasteiger charge is -2.20. The standard InChI is InChI=1S/C54H98NO10P/c1-3-5-7-9-11-13-15-17-19-21-23-24-25-26-28-30-32-34-36-38-40-42-44-46-53(57)65-50(48-63-66(60,61)64-49-51(55)54(58)59)47-62-52(56)45-43-41-39-37-35-33-31-29-27-22-20-18-16-14-12-10-8-6-4-2/h12,14-15,17-18,20-21,23,50-51H,3-11,13,16,19,22,24-49,55H2,1-2H3,(H,58,59)(H,60,61)/b14-12-,17-15-,20-18-,23-21-. The van der Waals surface area contributed by atoms with Crippen molar-refractivity contribution >= 4 is 25.7 Å². The average molecular weight is 952 g/mol. The van der Waals surface area contributed by atoms with Crippen molar-refractivity contribution in [2.45, 2.75) is 257 Å². The van der Waals surface area contributed by atoms with E-state index in [0.717, 1.165) is 57.8 Å². The summed E-state index contributed by atoms with van der Waals surface area (Å²) in [6.07, 6.45) is 57.4. The summed E-state index contributed by atoms with van der Waals surface area (Å²) >= 11 is 0. The summed E-state index contributed by atoms with van der Waals surface area (Å²) in [5.41, 5.74) is 5.36. The molecule has 0 spiro atoms. The van der Waals surface area contributed by atoms with Crippen molar-refractivity contribution in [2.75, 3.05) is 19.8 Å². The first-order valence-corrected chi connectivity index (χ1v) is 28.2. The van der Waals surface area contributed by atoms with Gasteiger partial charge in [0.15, 0.2) is 6.10 Å². The van der Waals surface area contributed by atoms with Crippen molar-refractivity contribution in [3.8, 4) is 0 Å². The quantitative estimate of drug-likeness (QED) is 0.0229. The lowest BCUT2D eigenvalue weighted by molar-refractivity contribution is -0.161. The van der Waals surface area contributed by atoms with Gasteiger partial charge >= 0.3 is 25.7 Å². The van der Waals surface area contributed by atoms with Crippen molar-refractivity contribution in [3.05, 3.63) is 48.6 Å². The molecule has 0 aromatic rings. The van der Waals surface area contributed by atoms with Crippen LogP contribution >= 0.6 is 7.82 Å². The highest BCUT2D eigenvalue weighted by atomic mass is 31.2. The van der Waals surface area contributed by atoms with Crippen molar-refractivity contribution < 1.29 is 47.5 Å². The maximum Gasteiger partial charge on any atom is 0.472 e. The van der Waals surface area contributed by atoms with Gasteiger partial charge in [-0.2, -0.15) is 0 Å². The Morgan fingerprint density at radius 1 is 0.470 bits per heavy atom. The van der Waals surface area contributed by atoms with E-state index < -0.39 is 51.1 Å². The van der Waals surface area contributed by atoms with Crippen LogP contribution in [-0.2, 0) is 37.5 Å². The summed E-state index contributed by atoms with van der Waals surface area (Å²) in [5, 5.41) is 8.93. The number of carbonyl (C=O) groups is 3. The highest BCUT2D eigenvalue weighted by Gasteiger charge is 2.28. The molecule has 4 N–H and O–H groups in total. The number of phosphoric ester groups is 1. The molecule has 0 heterocycles. The second kappa shape index (κ2) is 48.9. The van der Waals surface area contributed by atoms with Crippen molar-refractivity contribution in [1.82, 2.24) is 0 Å². The fourth-order valence-corrected chi connectivity index (χ4v) is 8.14. The lowest BCUT2D eigenvalue weighted by atomic mass is 10.0. The number of allylic oxidation sites excluding steroid dienone is 8. The van der Waals surface area contributed by atoms with Gasteiger partial charge in [-0.05, 0) is 77.0 Å². The molecule has 0 radical (unpaired) electrons. The monoisotopic (exact) mass is 952 g/mol. The Morgan fingerprint density at radius 3 is 1.21 bits per heavy atom. The van der Waals surface area contributed by atoms with Crippen molar-refractivity contribution in [3.63, 3.8) is 0 Å². The Kier molecular flexibility index (Phi) is 47.0. The maximum atomic E-state index is 12.7. The van der Waals surface area contributed by atoms with Gasteiger partial charge < -0.3 is 25.2 Å². The molecule has 0 aromatic heterocycles. The van der Waals surface area contributed by atoms with E-state index in [2.05, 4.69) is 67.0 Å². The number of hydrogen-bond acceptors (Lipinski definition) is 9. The molecule has 0 aromatic carbocycles. The Morgan fingerprint density at radius 2 is 0.803 bits per heavy atom. The summed E-state index contributed by atoms with van der Waals surface area (Å²) in [5.74, 6) is -2.38. The summed E-state index contributed by atoms with van der Waals surface area (Å²) in [6, 6.07) is -1.52. The first kappa shape index (κ1) is 63.4. The van der Waals surface area contributed by atoms with E-state index in [0.29, 0.717) is 12.8 Å². The van der Waals surface area contributed by atoms with Gasteiger partial charge in [-0.25, -0.2) is 4.57 Å². The molecule has 384 valence electrons.